The van der Waals surface area contributed by atoms with Crippen LogP contribution in [0.25, 0.3) is 5.69 Å². The van der Waals surface area contributed by atoms with Gasteiger partial charge >= 0.3 is 5.97 Å². The van der Waals surface area contributed by atoms with Crippen molar-refractivity contribution in [3.63, 3.8) is 0 Å². The molecule has 4 rings (SSSR count). The van der Waals surface area contributed by atoms with Gasteiger partial charge in [0.15, 0.2) is 11.4 Å². The van der Waals surface area contributed by atoms with Crippen molar-refractivity contribution >= 4 is 17.6 Å². The monoisotopic (exact) mass is 338 g/mol. The van der Waals surface area contributed by atoms with Crippen LogP contribution >= 0.6 is 0 Å². The Balaban J connectivity index is 1.52. The van der Waals surface area contributed by atoms with E-state index in [2.05, 4.69) is 15.6 Å². The maximum Gasteiger partial charge on any atom is 0.356 e. The van der Waals surface area contributed by atoms with Crippen molar-refractivity contribution in [1.29, 1.82) is 0 Å². The quantitative estimate of drug-likeness (QED) is 0.740. The number of amides is 1. The molecule has 126 valence electrons. The highest BCUT2D eigenvalue weighted by atomic mass is 16.5. The lowest BCUT2D eigenvalue weighted by molar-refractivity contribution is 0.0689. The van der Waals surface area contributed by atoms with Gasteiger partial charge in [-0.2, -0.15) is 5.10 Å². The molecule has 1 aliphatic carbocycles. The number of anilines is 1. The number of aromatic nitrogens is 3. The van der Waals surface area contributed by atoms with E-state index in [1.165, 1.54) is 10.7 Å². The number of carbonyl (C=O) groups is 2. The molecule has 1 saturated carbocycles. The van der Waals surface area contributed by atoms with Crippen LogP contribution in [0.5, 0.6) is 0 Å². The average molecular weight is 338 g/mol. The minimum absolute atomic E-state index is 0.0513. The molecule has 1 aromatic carbocycles. The topological polar surface area (TPSA) is 110 Å². The lowest BCUT2D eigenvalue weighted by Gasteiger charge is -2.06. The first kappa shape index (κ1) is 15.1. The van der Waals surface area contributed by atoms with Crippen molar-refractivity contribution in [2.24, 2.45) is 0 Å². The fraction of sp³-hybridized carbons (Fsp3) is 0.176. The summed E-state index contributed by atoms with van der Waals surface area (Å²) in [5.74, 6) is -0.322. The van der Waals surface area contributed by atoms with Crippen molar-refractivity contribution in [3.05, 3.63) is 59.7 Å². The van der Waals surface area contributed by atoms with E-state index in [1.54, 1.807) is 36.5 Å². The predicted molar refractivity (Wildman–Crippen MR) is 87.0 cm³/mol. The highest BCUT2D eigenvalue weighted by Gasteiger charge is 2.28. The van der Waals surface area contributed by atoms with E-state index < -0.39 is 5.97 Å². The summed E-state index contributed by atoms with van der Waals surface area (Å²) in [6, 6.07) is 10.00. The third-order valence-corrected chi connectivity index (χ3v) is 3.92. The number of nitrogens with one attached hydrogen (secondary N) is 1. The van der Waals surface area contributed by atoms with Crippen molar-refractivity contribution in [2.75, 3.05) is 5.32 Å². The Kier molecular flexibility index (Phi) is 3.57. The maximum atomic E-state index is 12.3. The molecule has 0 unspecified atom stereocenters. The van der Waals surface area contributed by atoms with Gasteiger partial charge in [0.25, 0.3) is 5.91 Å². The Hall–Kier alpha value is -3.42. The molecule has 0 saturated heterocycles. The molecule has 25 heavy (non-hydrogen) atoms. The molecule has 0 bridgehead atoms. The molecule has 8 heteroatoms. The van der Waals surface area contributed by atoms with Gasteiger partial charge in [0, 0.05) is 23.9 Å². The number of rotatable bonds is 5. The SMILES string of the molecule is O=C(O)c1ccn(-c2cccc(NC(=O)c3cc(C4CC4)on3)c2)n1. The van der Waals surface area contributed by atoms with E-state index >= 15 is 0 Å². The molecule has 1 fully saturated rings. The van der Waals surface area contributed by atoms with Crippen LogP contribution in [0.2, 0.25) is 0 Å². The maximum absolute atomic E-state index is 12.3. The average Bonchev–Trinajstić information content (AvgIpc) is 3.13. The Bertz CT molecular complexity index is 955. The van der Waals surface area contributed by atoms with Gasteiger partial charge in [-0.05, 0) is 37.1 Å². The van der Waals surface area contributed by atoms with E-state index in [9.17, 15) is 9.59 Å². The van der Waals surface area contributed by atoms with Gasteiger partial charge in [-0.15, -0.1) is 0 Å². The fourth-order valence-corrected chi connectivity index (χ4v) is 2.46. The molecule has 1 amide bonds. The Labute approximate surface area is 142 Å². The second-order valence-electron chi connectivity index (χ2n) is 5.84. The van der Waals surface area contributed by atoms with Crippen molar-refractivity contribution in [2.45, 2.75) is 18.8 Å². The van der Waals surface area contributed by atoms with Crippen LogP contribution in [-0.2, 0) is 0 Å². The van der Waals surface area contributed by atoms with Crippen LogP contribution in [0.1, 0.15) is 45.5 Å². The number of hydrogen-bond acceptors (Lipinski definition) is 5. The Morgan fingerprint density at radius 3 is 2.76 bits per heavy atom. The molecule has 8 nitrogen and oxygen atoms in total. The summed E-state index contributed by atoms with van der Waals surface area (Å²) in [6.07, 6.45) is 3.69. The minimum atomic E-state index is -1.10. The van der Waals surface area contributed by atoms with Gasteiger partial charge in [0.05, 0.1) is 5.69 Å². The zero-order valence-electron chi connectivity index (χ0n) is 13.0. The number of hydrogen-bond donors (Lipinski definition) is 2. The first-order chi connectivity index (χ1) is 12.1. The number of benzene rings is 1. The molecule has 0 atom stereocenters. The van der Waals surface area contributed by atoms with E-state index in [4.69, 9.17) is 9.63 Å². The van der Waals surface area contributed by atoms with E-state index in [1.807, 2.05) is 0 Å². The van der Waals surface area contributed by atoms with Crippen LogP contribution in [0.4, 0.5) is 5.69 Å². The molecular formula is C17H14N4O4. The van der Waals surface area contributed by atoms with Gasteiger partial charge in [-0.1, -0.05) is 11.2 Å². The van der Waals surface area contributed by atoms with E-state index in [-0.39, 0.29) is 17.3 Å². The fourth-order valence-electron chi connectivity index (χ4n) is 2.46. The van der Waals surface area contributed by atoms with Gasteiger partial charge in [0.2, 0.25) is 0 Å². The largest absolute Gasteiger partial charge is 0.476 e. The molecule has 2 aromatic heterocycles. The molecule has 1 aliphatic rings. The Morgan fingerprint density at radius 1 is 1.20 bits per heavy atom. The van der Waals surface area contributed by atoms with Crippen LogP contribution in [-0.4, -0.2) is 31.9 Å². The van der Waals surface area contributed by atoms with Crippen LogP contribution in [0.15, 0.2) is 47.1 Å². The van der Waals surface area contributed by atoms with Crippen LogP contribution < -0.4 is 5.32 Å². The summed E-state index contributed by atoms with van der Waals surface area (Å²) in [5, 5.41) is 19.5. The first-order valence-corrected chi connectivity index (χ1v) is 7.77. The first-order valence-electron chi connectivity index (χ1n) is 7.77. The molecule has 2 heterocycles. The highest BCUT2D eigenvalue weighted by molar-refractivity contribution is 6.03. The zero-order valence-corrected chi connectivity index (χ0v) is 13.0. The molecule has 3 aromatic rings. The highest BCUT2D eigenvalue weighted by Crippen LogP contribution is 2.40. The molecule has 0 radical (unpaired) electrons. The Morgan fingerprint density at radius 2 is 2.04 bits per heavy atom. The molecule has 0 aliphatic heterocycles. The number of aromatic carboxylic acids is 1. The second-order valence-corrected chi connectivity index (χ2v) is 5.84. The summed E-state index contributed by atoms with van der Waals surface area (Å²) >= 11 is 0. The van der Waals surface area contributed by atoms with Crippen molar-refractivity contribution in [1.82, 2.24) is 14.9 Å². The van der Waals surface area contributed by atoms with E-state index in [0.717, 1.165) is 18.6 Å². The normalized spacial score (nSPS) is 13.6. The van der Waals surface area contributed by atoms with Gasteiger partial charge in [-0.25, -0.2) is 9.48 Å². The van der Waals surface area contributed by atoms with Crippen LogP contribution in [0, 0.1) is 0 Å². The van der Waals surface area contributed by atoms with Gasteiger partial charge in [0.1, 0.15) is 5.76 Å². The second kappa shape index (κ2) is 5.90. The summed E-state index contributed by atoms with van der Waals surface area (Å²) in [7, 11) is 0. The van der Waals surface area contributed by atoms with Gasteiger partial charge < -0.3 is 14.9 Å². The predicted octanol–water partition coefficient (Wildman–Crippen LogP) is 2.69. The number of carboxylic acid groups (broad SMARTS) is 1. The minimum Gasteiger partial charge on any atom is -0.476 e. The molecule has 0 spiro atoms. The lowest BCUT2D eigenvalue weighted by Crippen LogP contribution is -2.12. The number of nitrogens with zero attached hydrogens (tertiary/aromatic N) is 3. The third-order valence-electron chi connectivity index (χ3n) is 3.92. The number of carboxylic acids is 1. The molecular weight excluding hydrogens is 324 g/mol. The molecule has 2 N–H and O–H groups in total. The lowest BCUT2D eigenvalue weighted by atomic mass is 10.2. The third kappa shape index (κ3) is 3.14. The zero-order chi connectivity index (χ0) is 17.4. The smallest absolute Gasteiger partial charge is 0.356 e. The van der Waals surface area contributed by atoms with Crippen molar-refractivity contribution < 1.29 is 19.2 Å². The van der Waals surface area contributed by atoms with Crippen molar-refractivity contribution in [3.8, 4) is 5.69 Å². The van der Waals surface area contributed by atoms with E-state index in [0.29, 0.717) is 17.3 Å². The summed E-state index contributed by atoms with van der Waals surface area (Å²) in [6.45, 7) is 0. The standard InChI is InChI=1S/C17H14N4O4/c22-16(14-9-15(25-20-14)10-4-5-10)18-11-2-1-3-12(8-11)21-7-6-13(19-21)17(23)24/h1-3,6-10H,4-5H2,(H,18,22)(H,23,24). The summed E-state index contributed by atoms with van der Waals surface area (Å²) < 4.78 is 6.62. The summed E-state index contributed by atoms with van der Waals surface area (Å²) in [5.41, 5.74) is 1.36. The summed E-state index contributed by atoms with van der Waals surface area (Å²) in [4.78, 5) is 23.2. The van der Waals surface area contributed by atoms with Crippen LogP contribution in [0.3, 0.4) is 0 Å². The number of carbonyl (C=O) groups excluding carboxylic acids is 1. The van der Waals surface area contributed by atoms with Gasteiger partial charge in [-0.3, -0.25) is 4.79 Å².